The van der Waals surface area contributed by atoms with Crippen molar-refractivity contribution in [2.45, 2.75) is 58.0 Å². The third kappa shape index (κ3) is 3.94. The van der Waals surface area contributed by atoms with Crippen LogP contribution >= 0.6 is 0 Å². The van der Waals surface area contributed by atoms with Crippen LogP contribution in [-0.2, 0) is 4.74 Å². The molecule has 0 aliphatic carbocycles. The highest BCUT2D eigenvalue weighted by molar-refractivity contribution is 4.83. The molecule has 0 spiro atoms. The van der Waals surface area contributed by atoms with Crippen molar-refractivity contribution in [3.8, 4) is 0 Å². The Labute approximate surface area is 112 Å². The maximum absolute atomic E-state index is 5.55. The van der Waals surface area contributed by atoms with Crippen LogP contribution in [0.4, 0.5) is 0 Å². The van der Waals surface area contributed by atoms with E-state index in [1.54, 1.807) is 0 Å². The average Bonchev–Trinajstić information content (AvgIpc) is 2.92. The van der Waals surface area contributed by atoms with E-state index in [1.807, 2.05) is 0 Å². The van der Waals surface area contributed by atoms with Crippen molar-refractivity contribution in [3.63, 3.8) is 0 Å². The van der Waals surface area contributed by atoms with Crippen molar-refractivity contribution in [1.29, 1.82) is 0 Å². The highest BCUT2D eigenvalue weighted by Crippen LogP contribution is 2.22. The number of ether oxygens (including phenoxy) is 1. The lowest BCUT2D eigenvalue weighted by atomic mass is 9.97. The predicted octanol–water partition coefficient (Wildman–Crippen LogP) is 2.27. The quantitative estimate of drug-likeness (QED) is 0.787. The van der Waals surface area contributed by atoms with Gasteiger partial charge in [0.25, 0.3) is 0 Å². The lowest BCUT2D eigenvalue weighted by molar-refractivity contribution is 0.114. The van der Waals surface area contributed by atoms with Gasteiger partial charge in [-0.2, -0.15) is 0 Å². The fourth-order valence-corrected chi connectivity index (χ4v) is 3.34. The summed E-state index contributed by atoms with van der Waals surface area (Å²) in [5, 5.41) is 3.68. The zero-order valence-corrected chi connectivity index (χ0v) is 12.2. The van der Waals surface area contributed by atoms with Gasteiger partial charge >= 0.3 is 0 Å². The van der Waals surface area contributed by atoms with E-state index in [4.69, 9.17) is 4.74 Å². The Morgan fingerprint density at radius 3 is 2.83 bits per heavy atom. The van der Waals surface area contributed by atoms with Crippen LogP contribution in [0.2, 0.25) is 0 Å². The van der Waals surface area contributed by atoms with Gasteiger partial charge in [-0.1, -0.05) is 13.3 Å². The molecule has 2 fully saturated rings. The van der Waals surface area contributed by atoms with Crippen LogP contribution in [0.25, 0.3) is 0 Å². The molecule has 2 aliphatic heterocycles. The van der Waals surface area contributed by atoms with E-state index in [9.17, 15) is 0 Å². The molecule has 18 heavy (non-hydrogen) atoms. The molecule has 0 aromatic carbocycles. The van der Waals surface area contributed by atoms with Gasteiger partial charge in [-0.25, -0.2) is 0 Å². The van der Waals surface area contributed by atoms with Crippen molar-refractivity contribution < 1.29 is 4.74 Å². The van der Waals surface area contributed by atoms with Crippen LogP contribution in [0.1, 0.15) is 46.0 Å². The van der Waals surface area contributed by atoms with Gasteiger partial charge in [0.1, 0.15) is 0 Å². The first-order valence-corrected chi connectivity index (χ1v) is 7.86. The Morgan fingerprint density at radius 1 is 1.33 bits per heavy atom. The van der Waals surface area contributed by atoms with E-state index in [1.165, 1.54) is 51.7 Å². The zero-order valence-electron chi connectivity index (χ0n) is 12.2. The van der Waals surface area contributed by atoms with Crippen molar-refractivity contribution in [2.75, 3.05) is 32.8 Å². The lowest BCUT2D eigenvalue weighted by Crippen LogP contribution is -2.48. The maximum atomic E-state index is 5.55. The smallest absolute Gasteiger partial charge is 0.0509 e. The number of rotatable bonds is 6. The zero-order chi connectivity index (χ0) is 12.8. The van der Waals surface area contributed by atoms with Gasteiger partial charge in [0, 0.05) is 25.2 Å². The highest BCUT2D eigenvalue weighted by Gasteiger charge is 2.28. The van der Waals surface area contributed by atoms with Crippen LogP contribution in [0, 0.1) is 5.92 Å². The Bertz CT molecular complexity index is 223. The maximum Gasteiger partial charge on any atom is 0.0509 e. The summed E-state index contributed by atoms with van der Waals surface area (Å²) in [5.74, 6) is 0.750. The summed E-state index contributed by atoms with van der Waals surface area (Å²) in [5.41, 5.74) is 0. The Balaban J connectivity index is 1.84. The minimum atomic E-state index is 0.677. The standard InChI is InChI=1S/C15H30N2O/c1-3-9-17(11-15-6-4-5-8-16-15)13(2)14-7-10-18-12-14/h13-16H,3-12H2,1-2H3. The molecule has 3 heteroatoms. The summed E-state index contributed by atoms with van der Waals surface area (Å²) in [6, 6.07) is 1.39. The summed E-state index contributed by atoms with van der Waals surface area (Å²) >= 11 is 0. The van der Waals surface area contributed by atoms with Crippen molar-refractivity contribution in [2.24, 2.45) is 5.92 Å². The van der Waals surface area contributed by atoms with E-state index in [0.29, 0.717) is 6.04 Å². The normalized spacial score (nSPS) is 30.8. The van der Waals surface area contributed by atoms with Crippen LogP contribution in [0.5, 0.6) is 0 Å². The second kappa shape index (κ2) is 7.46. The van der Waals surface area contributed by atoms with Crippen LogP contribution in [0.15, 0.2) is 0 Å². The van der Waals surface area contributed by atoms with Gasteiger partial charge < -0.3 is 10.1 Å². The average molecular weight is 254 g/mol. The summed E-state index contributed by atoms with van der Waals surface area (Å²) < 4.78 is 5.55. The minimum absolute atomic E-state index is 0.677. The van der Waals surface area contributed by atoms with E-state index < -0.39 is 0 Å². The third-order valence-corrected chi connectivity index (χ3v) is 4.60. The second-order valence-electron chi connectivity index (χ2n) is 6.01. The van der Waals surface area contributed by atoms with Crippen LogP contribution in [0.3, 0.4) is 0 Å². The summed E-state index contributed by atoms with van der Waals surface area (Å²) in [6.45, 7) is 10.3. The topological polar surface area (TPSA) is 24.5 Å². The molecule has 2 saturated heterocycles. The molecule has 2 heterocycles. The number of hydrogen-bond donors (Lipinski definition) is 1. The number of nitrogens with zero attached hydrogens (tertiary/aromatic N) is 1. The van der Waals surface area contributed by atoms with Gasteiger partial charge in [0.15, 0.2) is 0 Å². The van der Waals surface area contributed by atoms with Gasteiger partial charge in [-0.05, 0) is 51.6 Å². The molecule has 2 rings (SSSR count). The molecule has 0 bridgehead atoms. The number of hydrogen-bond acceptors (Lipinski definition) is 3. The van der Waals surface area contributed by atoms with Gasteiger partial charge in [0.05, 0.1) is 6.61 Å². The molecule has 3 atom stereocenters. The molecule has 3 unspecified atom stereocenters. The van der Waals surface area contributed by atoms with E-state index in [2.05, 4.69) is 24.1 Å². The third-order valence-electron chi connectivity index (χ3n) is 4.60. The van der Waals surface area contributed by atoms with Crippen LogP contribution in [-0.4, -0.2) is 49.8 Å². The molecule has 1 N–H and O–H groups in total. The largest absolute Gasteiger partial charge is 0.381 e. The van der Waals surface area contributed by atoms with Gasteiger partial charge in [0.2, 0.25) is 0 Å². The van der Waals surface area contributed by atoms with E-state index in [0.717, 1.165) is 25.2 Å². The van der Waals surface area contributed by atoms with Gasteiger partial charge in [-0.15, -0.1) is 0 Å². The second-order valence-corrected chi connectivity index (χ2v) is 6.01. The van der Waals surface area contributed by atoms with Crippen molar-refractivity contribution in [1.82, 2.24) is 10.2 Å². The SMILES string of the molecule is CCCN(CC1CCCCN1)C(C)C1CCOC1. The Kier molecular flexibility index (Phi) is 5.93. The molecular weight excluding hydrogens is 224 g/mol. The minimum Gasteiger partial charge on any atom is -0.381 e. The monoisotopic (exact) mass is 254 g/mol. The predicted molar refractivity (Wildman–Crippen MR) is 75.9 cm³/mol. The van der Waals surface area contributed by atoms with E-state index in [-0.39, 0.29) is 0 Å². The lowest BCUT2D eigenvalue weighted by Gasteiger charge is -2.36. The Hall–Kier alpha value is -0.120. The van der Waals surface area contributed by atoms with Crippen LogP contribution < -0.4 is 5.32 Å². The molecule has 106 valence electrons. The van der Waals surface area contributed by atoms with Gasteiger partial charge in [-0.3, -0.25) is 4.90 Å². The molecule has 0 aromatic heterocycles. The number of nitrogens with one attached hydrogen (secondary N) is 1. The fourth-order valence-electron chi connectivity index (χ4n) is 3.34. The first kappa shape index (κ1) is 14.3. The summed E-state index contributed by atoms with van der Waals surface area (Å²) in [7, 11) is 0. The summed E-state index contributed by atoms with van der Waals surface area (Å²) in [6.07, 6.45) is 6.62. The Morgan fingerprint density at radius 2 is 2.22 bits per heavy atom. The molecule has 2 aliphatic rings. The van der Waals surface area contributed by atoms with Crippen molar-refractivity contribution >= 4 is 0 Å². The molecule has 0 radical (unpaired) electrons. The first-order valence-electron chi connectivity index (χ1n) is 7.86. The fraction of sp³-hybridized carbons (Fsp3) is 1.00. The highest BCUT2D eigenvalue weighted by atomic mass is 16.5. The molecule has 3 nitrogen and oxygen atoms in total. The molecule has 0 aromatic rings. The van der Waals surface area contributed by atoms with E-state index >= 15 is 0 Å². The summed E-state index contributed by atoms with van der Waals surface area (Å²) in [4.78, 5) is 2.70. The molecule has 0 saturated carbocycles. The number of piperidine rings is 1. The van der Waals surface area contributed by atoms with Crippen molar-refractivity contribution in [3.05, 3.63) is 0 Å². The molecule has 0 amide bonds. The first-order chi connectivity index (χ1) is 8.81. The molecular formula is C15H30N2O.